The zero-order chi connectivity index (χ0) is 21.0. The Balaban J connectivity index is 1.72. The van der Waals surface area contributed by atoms with Crippen LogP contribution in [0.5, 0.6) is 0 Å². The number of hydrogen-bond donors (Lipinski definition) is 2. The van der Waals surface area contributed by atoms with Crippen LogP contribution < -0.4 is 10.9 Å². The van der Waals surface area contributed by atoms with E-state index >= 15 is 0 Å². The Hall–Kier alpha value is -2.86. The van der Waals surface area contributed by atoms with Crippen molar-refractivity contribution in [3.05, 3.63) is 70.2 Å². The fourth-order valence-corrected chi connectivity index (χ4v) is 3.49. The Labute approximate surface area is 175 Å². The van der Waals surface area contributed by atoms with Gasteiger partial charge in [-0.2, -0.15) is 0 Å². The third-order valence-corrected chi connectivity index (χ3v) is 5.11. The molecule has 1 unspecified atom stereocenters. The first-order chi connectivity index (χ1) is 13.8. The van der Waals surface area contributed by atoms with Gasteiger partial charge in [0, 0.05) is 30.0 Å². The zero-order valence-corrected chi connectivity index (χ0v) is 17.2. The molecule has 1 aliphatic rings. The Morgan fingerprint density at radius 1 is 1.03 bits per heavy atom. The van der Waals surface area contributed by atoms with Crippen LogP contribution in [0.25, 0.3) is 0 Å². The van der Waals surface area contributed by atoms with Crippen molar-refractivity contribution in [1.29, 1.82) is 0 Å². The molecule has 29 heavy (non-hydrogen) atoms. The number of fused-ring (bicyclic) bond motifs is 1. The number of rotatable bonds is 4. The molecule has 0 radical (unpaired) electrons. The van der Waals surface area contributed by atoms with Gasteiger partial charge in [-0.15, -0.1) is 0 Å². The van der Waals surface area contributed by atoms with Gasteiger partial charge in [-0.25, -0.2) is 0 Å². The van der Waals surface area contributed by atoms with E-state index in [1.165, 1.54) is 0 Å². The topological polar surface area (TPSA) is 78.5 Å². The van der Waals surface area contributed by atoms with Crippen molar-refractivity contribution in [1.82, 2.24) is 15.8 Å². The number of halogens is 1. The fraction of sp³-hybridized carbons (Fsp3) is 0.318. The second-order valence-electron chi connectivity index (χ2n) is 7.56. The van der Waals surface area contributed by atoms with Gasteiger partial charge < -0.3 is 4.90 Å². The van der Waals surface area contributed by atoms with Crippen LogP contribution in [0, 0.1) is 5.92 Å². The molecule has 0 saturated heterocycles. The van der Waals surface area contributed by atoms with Gasteiger partial charge >= 0.3 is 0 Å². The van der Waals surface area contributed by atoms with Crippen molar-refractivity contribution in [3.8, 4) is 0 Å². The van der Waals surface area contributed by atoms with Gasteiger partial charge in [0.2, 0.25) is 5.91 Å². The van der Waals surface area contributed by atoms with E-state index in [4.69, 9.17) is 11.6 Å². The summed E-state index contributed by atoms with van der Waals surface area (Å²) in [5.74, 6) is -0.753. The predicted molar refractivity (Wildman–Crippen MR) is 111 cm³/mol. The summed E-state index contributed by atoms with van der Waals surface area (Å²) in [5, 5.41) is 0.519. The number of benzene rings is 2. The number of hydrogen-bond acceptors (Lipinski definition) is 3. The molecule has 1 atom stereocenters. The lowest BCUT2D eigenvalue weighted by atomic mass is 9.92. The molecule has 2 N–H and O–H groups in total. The highest BCUT2D eigenvalue weighted by molar-refractivity contribution is 6.30. The first-order valence-corrected chi connectivity index (χ1v) is 9.95. The Kier molecular flexibility index (Phi) is 6.54. The molecular weight excluding hydrogens is 390 g/mol. The zero-order valence-electron chi connectivity index (χ0n) is 16.4. The van der Waals surface area contributed by atoms with E-state index in [9.17, 15) is 14.4 Å². The highest BCUT2D eigenvalue weighted by atomic mass is 35.5. The third kappa shape index (κ3) is 5.15. The summed E-state index contributed by atoms with van der Waals surface area (Å²) in [5.41, 5.74) is 7.33. The van der Waals surface area contributed by atoms with Crippen molar-refractivity contribution >= 4 is 29.3 Å². The highest BCUT2D eigenvalue weighted by Gasteiger charge is 2.34. The van der Waals surface area contributed by atoms with Crippen LogP contribution in [-0.4, -0.2) is 28.7 Å². The summed E-state index contributed by atoms with van der Waals surface area (Å²) in [6.45, 7) is 4.32. The van der Waals surface area contributed by atoms with E-state index in [0.29, 0.717) is 30.0 Å². The van der Waals surface area contributed by atoms with Crippen LogP contribution in [0.15, 0.2) is 48.5 Å². The van der Waals surface area contributed by atoms with Gasteiger partial charge in [0.1, 0.15) is 6.04 Å². The molecule has 0 aromatic heterocycles. The van der Waals surface area contributed by atoms with Crippen molar-refractivity contribution in [3.63, 3.8) is 0 Å². The molecule has 0 saturated carbocycles. The third-order valence-electron chi connectivity index (χ3n) is 4.86. The van der Waals surface area contributed by atoms with Crippen LogP contribution >= 0.6 is 11.6 Å². The number of carbonyl (C=O) groups is 3. The van der Waals surface area contributed by atoms with Crippen LogP contribution in [0.4, 0.5) is 0 Å². The van der Waals surface area contributed by atoms with Gasteiger partial charge in [-0.3, -0.25) is 25.2 Å². The number of nitrogens with one attached hydrogen (secondary N) is 2. The van der Waals surface area contributed by atoms with E-state index in [2.05, 4.69) is 10.9 Å². The molecule has 2 aromatic carbocycles. The van der Waals surface area contributed by atoms with E-state index in [0.717, 1.165) is 11.1 Å². The number of carbonyl (C=O) groups excluding carboxylic acids is 3. The Morgan fingerprint density at radius 3 is 2.34 bits per heavy atom. The van der Waals surface area contributed by atoms with E-state index in [1.807, 2.05) is 38.1 Å². The molecule has 152 valence electrons. The number of hydrazine groups is 1. The van der Waals surface area contributed by atoms with Crippen molar-refractivity contribution in [2.24, 2.45) is 5.92 Å². The summed E-state index contributed by atoms with van der Waals surface area (Å²) in [7, 11) is 0. The quantitative estimate of drug-likeness (QED) is 0.756. The lowest BCUT2D eigenvalue weighted by Gasteiger charge is -2.36. The first-order valence-electron chi connectivity index (χ1n) is 9.57. The summed E-state index contributed by atoms with van der Waals surface area (Å²) < 4.78 is 0. The normalized spacial score (nSPS) is 15.6. The minimum atomic E-state index is -0.679. The summed E-state index contributed by atoms with van der Waals surface area (Å²) in [6, 6.07) is 13.4. The average molecular weight is 414 g/mol. The smallest absolute Gasteiger partial charge is 0.269 e. The van der Waals surface area contributed by atoms with Crippen molar-refractivity contribution < 1.29 is 14.4 Å². The summed E-state index contributed by atoms with van der Waals surface area (Å²) in [6.07, 6.45) is 0.770. The van der Waals surface area contributed by atoms with Gasteiger partial charge in [-0.05, 0) is 41.3 Å². The van der Waals surface area contributed by atoms with Crippen LogP contribution in [-0.2, 0) is 22.6 Å². The maximum Gasteiger partial charge on any atom is 0.269 e. The Bertz CT molecular complexity index is 912. The molecular formula is C22H24ClN3O3. The molecule has 1 heterocycles. The van der Waals surface area contributed by atoms with Gasteiger partial charge in [0.25, 0.3) is 11.8 Å². The predicted octanol–water partition coefficient (Wildman–Crippen LogP) is 3.10. The molecule has 2 aromatic rings. The van der Waals surface area contributed by atoms with E-state index < -0.39 is 17.9 Å². The lowest BCUT2D eigenvalue weighted by Crippen LogP contribution is -2.56. The molecule has 3 rings (SSSR count). The molecule has 6 nitrogen and oxygen atoms in total. The van der Waals surface area contributed by atoms with Crippen LogP contribution in [0.3, 0.4) is 0 Å². The Morgan fingerprint density at radius 2 is 1.69 bits per heavy atom. The molecule has 0 fully saturated rings. The van der Waals surface area contributed by atoms with Gasteiger partial charge in [-0.1, -0.05) is 49.7 Å². The second-order valence-corrected chi connectivity index (χ2v) is 7.99. The maximum absolute atomic E-state index is 12.9. The molecule has 7 heteroatoms. The van der Waals surface area contributed by atoms with Crippen molar-refractivity contribution in [2.75, 3.05) is 0 Å². The van der Waals surface area contributed by atoms with Crippen LogP contribution in [0.2, 0.25) is 5.02 Å². The summed E-state index contributed by atoms with van der Waals surface area (Å²) in [4.78, 5) is 39.5. The molecule has 0 bridgehead atoms. The standard InChI is InChI=1S/C22H24ClN3O3/c1-14(2)11-20(27)26-13-17-6-4-3-5-16(17)12-19(26)22(29)25-24-21(28)15-7-9-18(23)10-8-15/h3-10,14,19H,11-13H2,1-2H3,(H,24,28)(H,25,29). The monoisotopic (exact) mass is 413 g/mol. The molecule has 0 spiro atoms. The van der Waals surface area contributed by atoms with E-state index in [-0.39, 0.29) is 11.8 Å². The van der Waals surface area contributed by atoms with E-state index in [1.54, 1.807) is 29.2 Å². The fourth-order valence-electron chi connectivity index (χ4n) is 3.36. The number of amides is 3. The SMILES string of the molecule is CC(C)CC(=O)N1Cc2ccccc2CC1C(=O)NNC(=O)c1ccc(Cl)cc1. The lowest BCUT2D eigenvalue weighted by molar-refractivity contribution is -0.142. The highest BCUT2D eigenvalue weighted by Crippen LogP contribution is 2.25. The second kappa shape index (κ2) is 9.09. The summed E-state index contributed by atoms with van der Waals surface area (Å²) >= 11 is 5.83. The first kappa shape index (κ1) is 20.9. The van der Waals surface area contributed by atoms with Crippen LogP contribution in [0.1, 0.15) is 41.8 Å². The minimum Gasteiger partial charge on any atom is -0.326 e. The number of nitrogens with zero attached hydrogens (tertiary/aromatic N) is 1. The molecule has 1 aliphatic heterocycles. The van der Waals surface area contributed by atoms with Crippen molar-refractivity contribution in [2.45, 2.75) is 39.3 Å². The molecule has 0 aliphatic carbocycles. The maximum atomic E-state index is 12.9. The van der Waals surface area contributed by atoms with Gasteiger partial charge in [0.05, 0.1) is 0 Å². The minimum absolute atomic E-state index is 0.0707. The largest absolute Gasteiger partial charge is 0.326 e. The molecule has 3 amide bonds. The van der Waals surface area contributed by atoms with Gasteiger partial charge in [0.15, 0.2) is 0 Å². The average Bonchev–Trinajstić information content (AvgIpc) is 2.70.